The highest BCUT2D eigenvalue weighted by Crippen LogP contribution is 2.24. The third-order valence-electron chi connectivity index (χ3n) is 2.93. The lowest BCUT2D eigenvalue weighted by Crippen LogP contribution is -2.10. The van der Waals surface area contributed by atoms with Gasteiger partial charge in [-0.15, -0.1) is 0 Å². The topological polar surface area (TPSA) is 73.6 Å². The molecule has 3 aromatic rings. The fourth-order valence-electron chi connectivity index (χ4n) is 1.94. The summed E-state index contributed by atoms with van der Waals surface area (Å²) in [4.78, 5) is 10.5. The smallest absolute Gasteiger partial charge is 0.339 e. The lowest BCUT2D eigenvalue weighted by molar-refractivity contribution is 0.481. The lowest BCUT2D eigenvalue weighted by Gasteiger charge is -2.08. The van der Waals surface area contributed by atoms with Crippen LogP contribution in [0.3, 0.4) is 0 Å². The summed E-state index contributed by atoms with van der Waals surface area (Å²) in [5, 5.41) is 0.561. The van der Waals surface area contributed by atoms with Gasteiger partial charge in [-0.2, -0.15) is 8.42 Å². The van der Waals surface area contributed by atoms with Gasteiger partial charge in [0.1, 0.15) is 27.9 Å². The van der Waals surface area contributed by atoms with E-state index in [9.17, 15) is 22.0 Å². The maximum atomic E-state index is 13.1. The quantitative estimate of drug-likeness (QED) is 0.542. The molecule has 0 spiro atoms. The van der Waals surface area contributed by atoms with Gasteiger partial charge in [0.2, 0.25) is 0 Å². The fraction of sp³-hybridized carbons (Fsp3) is 0. The maximum Gasteiger partial charge on any atom is 0.339 e. The molecule has 0 N–H and O–H groups in total. The van der Waals surface area contributed by atoms with Crippen LogP contribution >= 0.6 is 0 Å². The van der Waals surface area contributed by atoms with Crippen molar-refractivity contribution in [2.45, 2.75) is 4.90 Å². The molecule has 5 nitrogen and oxygen atoms in total. The Labute approximate surface area is 128 Å². The van der Waals surface area contributed by atoms with E-state index in [1.165, 1.54) is 30.3 Å². The van der Waals surface area contributed by atoms with Crippen molar-refractivity contribution in [2.75, 3.05) is 0 Å². The second-order valence-electron chi connectivity index (χ2n) is 4.60. The maximum absolute atomic E-state index is 13.1. The van der Waals surface area contributed by atoms with Crippen molar-refractivity contribution in [3.05, 3.63) is 70.6 Å². The van der Waals surface area contributed by atoms with E-state index in [0.29, 0.717) is 23.6 Å². The van der Waals surface area contributed by atoms with E-state index in [1.54, 1.807) is 0 Å². The Kier molecular flexibility index (Phi) is 3.61. The van der Waals surface area contributed by atoms with E-state index < -0.39 is 32.3 Å². The first-order valence-electron chi connectivity index (χ1n) is 6.28. The number of fused-ring (bicyclic) bond motifs is 1. The Morgan fingerprint density at radius 3 is 2.26 bits per heavy atom. The molecule has 0 unspecified atom stereocenters. The number of rotatable bonds is 3. The molecule has 1 heterocycles. The molecule has 8 heteroatoms. The van der Waals surface area contributed by atoms with Gasteiger partial charge in [-0.25, -0.2) is 13.6 Å². The summed E-state index contributed by atoms with van der Waals surface area (Å²) >= 11 is 0. The Morgan fingerprint density at radius 1 is 0.913 bits per heavy atom. The van der Waals surface area contributed by atoms with Gasteiger partial charge in [0.05, 0.1) is 0 Å². The Morgan fingerprint density at radius 2 is 1.57 bits per heavy atom. The van der Waals surface area contributed by atoms with Gasteiger partial charge in [-0.3, -0.25) is 0 Å². The third-order valence-corrected chi connectivity index (χ3v) is 4.15. The van der Waals surface area contributed by atoms with Crippen LogP contribution < -0.4 is 9.81 Å². The van der Waals surface area contributed by atoms with Gasteiger partial charge in [0.15, 0.2) is 0 Å². The van der Waals surface area contributed by atoms with E-state index in [1.807, 2.05) is 0 Å². The predicted molar refractivity (Wildman–Crippen MR) is 76.7 cm³/mol. The largest absolute Gasteiger partial charge is 0.423 e. The normalized spacial score (nSPS) is 11.6. The van der Waals surface area contributed by atoms with Crippen molar-refractivity contribution >= 4 is 21.1 Å². The van der Waals surface area contributed by atoms with Crippen molar-refractivity contribution in [1.29, 1.82) is 0 Å². The van der Waals surface area contributed by atoms with Crippen LogP contribution in [0, 0.1) is 11.6 Å². The molecule has 1 aromatic heterocycles. The molecule has 0 radical (unpaired) electrons. The first-order chi connectivity index (χ1) is 10.8. The summed E-state index contributed by atoms with van der Waals surface area (Å²) in [6, 6.07) is 8.55. The van der Waals surface area contributed by atoms with Crippen LogP contribution in [-0.4, -0.2) is 8.42 Å². The van der Waals surface area contributed by atoms with E-state index in [4.69, 9.17) is 8.60 Å². The van der Waals surface area contributed by atoms with Crippen LogP contribution in [0.2, 0.25) is 0 Å². The number of benzene rings is 2. The standard InChI is InChI=1S/C15H8F2O5S/c16-10-5-11(17)7-13(6-10)23(19,20)22-12-3-1-9-2-4-15(18)21-14(9)8-12/h1-8H. The molecule has 3 rings (SSSR count). The van der Waals surface area contributed by atoms with Crippen molar-refractivity contribution in [2.24, 2.45) is 0 Å². The summed E-state index contributed by atoms with van der Waals surface area (Å²) in [5.41, 5.74) is -0.486. The highest BCUT2D eigenvalue weighted by molar-refractivity contribution is 7.87. The van der Waals surface area contributed by atoms with Crippen LogP contribution in [0.5, 0.6) is 5.75 Å². The Balaban J connectivity index is 2.01. The number of hydrogen-bond acceptors (Lipinski definition) is 5. The molecule has 0 saturated carbocycles. The molecule has 23 heavy (non-hydrogen) atoms. The molecule has 118 valence electrons. The molecule has 0 fully saturated rings. The van der Waals surface area contributed by atoms with Crippen LogP contribution in [0.15, 0.2) is 62.6 Å². The highest BCUT2D eigenvalue weighted by atomic mass is 32.2. The van der Waals surface area contributed by atoms with E-state index >= 15 is 0 Å². The van der Waals surface area contributed by atoms with Gasteiger partial charge < -0.3 is 8.60 Å². The molecule has 0 aliphatic carbocycles. The highest BCUT2D eigenvalue weighted by Gasteiger charge is 2.19. The SMILES string of the molecule is O=c1ccc2ccc(OS(=O)(=O)c3cc(F)cc(F)c3)cc2o1. The first-order valence-corrected chi connectivity index (χ1v) is 7.69. The zero-order valence-electron chi connectivity index (χ0n) is 11.3. The molecule has 0 atom stereocenters. The van der Waals surface area contributed by atoms with Gasteiger partial charge in [0.25, 0.3) is 0 Å². The first kappa shape index (κ1) is 15.2. The summed E-state index contributed by atoms with van der Waals surface area (Å²) in [7, 11) is -4.44. The average Bonchev–Trinajstić information content (AvgIpc) is 2.45. The molecule has 0 saturated heterocycles. The summed E-state index contributed by atoms with van der Waals surface area (Å²) in [6.45, 7) is 0. The predicted octanol–water partition coefficient (Wildman–Crippen LogP) is 2.84. The molecular weight excluding hydrogens is 330 g/mol. The molecule has 0 amide bonds. The van der Waals surface area contributed by atoms with Crippen LogP contribution in [0.1, 0.15) is 0 Å². The fourth-order valence-corrected chi connectivity index (χ4v) is 2.91. The van der Waals surface area contributed by atoms with E-state index in [-0.39, 0.29) is 11.3 Å². The third kappa shape index (κ3) is 3.21. The number of halogens is 2. The average molecular weight is 338 g/mol. The lowest BCUT2D eigenvalue weighted by atomic mass is 10.2. The Bertz CT molecular complexity index is 1040. The van der Waals surface area contributed by atoms with Crippen molar-refractivity contribution in [3.8, 4) is 5.75 Å². The Hall–Kier alpha value is -2.74. The molecule has 0 bridgehead atoms. The van der Waals surface area contributed by atoms with Crippen LogP contribution in [0.4, 0.5) is 8.78 Å². The second-order valence-corrected chi connectivity index (χ2v) is 6.14. The van der Waals surface area contributed by atoms with Crippen molar-refractivity contribution < 1.29 is 25.8 Å². The van der Waals surface area contributed by atoms with E-state index in [0.717, 1.165) is 0 Å². The molecule has 2 aromatic carbocycles. The molecule has 0 aliphatic heterocycles. The number of hydrogen-bond donors (Lipinski definition) is 0. The molecular formula is C15H8F2O5S. The van der Waals surface area contributed by atoms with E-state index in [2.05, 4.69) is 0 Å². The summed E-state index contributed by atoms with van der Waals surface area (Å²) < 4.78 is 60.1. The zero-order valence-corrected chi connectivity index (χ0v) is 12.1. The van der Waals surface area contributed by atoms with Crippen molar-refractivity contribution in [1.82, 2.24) is 0 Å². The minimum atomic E-state index is -4.44. The zero-order chi connectivity index (χ0) is 16.6. The van der Waals surface area contributed by atoms with Crippen LogP contribution in [0.25, 0.3) is 11.0 Å². The monoisotopic (exact) mass is 338 g/mol. The van der Waals surface area contributed by atoms with Gasteiger partial charge in [0, 0.05) is 23.6 Å². The summed E-state index contributed by atoms with van der Waals surface area (Å²) in [6.07, 6.45) is 0. The van der Waals surface area contributed by atoms with Crippen molar-refractivity contribution in [3.63, 3.8) is 0 Å². The van der Waals surface area contributed by atoms with Gasteiger partial charge in [-0.1, -0.05) is 0 Å². The second kappa shape index (κ2) is 5.47. The minimum absolute atomic E-state index is 0.121. The van der Waals surface area contributed by atoms with Gasteiger partial charge in [-0.05, 0) is 30.3 Å². The van der Waals surface area contributed by atoms with Crippen LogP contribution in [-0.2, 0) is 10.1 Å². The minimum Gasteiger partial charge on any atom is -0.423 e. The van der Waals surface area contributed by atoms with Gasteiger partial charge >= 0.3 is 15.7 Å². The molecule has 0 aliphatic rings. The summed E-state index contributed by atoms with van der Waals surface area (Å²) in [5.74, 6) is -2.25.